The van der Waals surface area contributed by atoms with Crippen LogP contribution >= 0.6 is 0 Å². The first-order chi connectivity index (χ1) is 8.87. The summed E-state index contributed by atoms with van der Waals surface area (Å²) in [7, 11) is 0. The van der Waals surface area contributed by atoms with Crippen LogP contribution < -0.4 is 0 Å². The molecule has 19 heavy (non-hydrogen) atoms. The maximum Gasteiger partial charge on any atom is 0.338 e. The summed E-state index contributed by atoms with van der Waals surface area (Å²) in [4.78, 5) is 11.7. The van der Waals surface area contributed by atoms with Crippen LogP contribution in [0.4, 0.5) is 0 Å². The first kappa shape index (κ1) is 14.0. The van der Waals surface area contributed by atoms with Crippen LogP contribution in [0.1, 0.15) is 26.3 Å². The minimum absolute atomic E-state index is 0.399. The van der Waals surface area contributed by atoms with Gasteiger partial charge in [-0.2, -0.15) is 0 Å². The van der Waals surface area contributed by atoms with Crippen LogP contribution in [-0.4, -0.2) is 35.0 Å². The molecular formula is C15H20O4. The predicted octanol–water partition coefficient (Wildman–Crippen LogP) is 1.70. The Morgan fingerprint density at radius 2 is 2.00 bits per heavy atom. The zero-order chi connectivity index (χ0) is 14.0. The second-order valence-corrected chi connectivity index (χ2v) is 5.81. The summed E-state index contributed by atoms with van der Waals surface area (Å²) in [6.07, 6.45) is -1.28. The van der Waals surface area contributed by atoms with Gasteiger partial charge in [-0.15, -0.1) is 0 Å². The molecule has 4 nitrogen and oxygen atoms in total. The maximum atomic E-state index is 11.7. The van der Waals surface area contributed by atoms with Gasteiger partial charge in [0.1, 0.15) is 11.7 Å². The predicted molar refractivity (Wildman–Crippen MR) is 70.7 cm³/mol. The van der Waals surface area contributed by atoms with Gasteiger partial charge in [-0.3, -0.25) is 0 Å². The van der Waals surface area contributed by atoms with Crippen LogP contribution in [0.15, 0.2) is 30.3 Å². The number of aliphatic hydroxyl groups is 1. The van der Waals surface area contributed by atoms with E-state index >= 15 is 0 Å². The molecule has 0 aliphatic carbocycles. The first-order valence-corrected chi connectivity index (χ1v) is 6.47. The van der Waals surface area contributed by atoms with Crippen molar-refractivity contribution in [3.05, 3.63) is 35.9 Å². The van der Waals surface area contributed by atoms with Gasteiger partial charge in [-0.05, 0) is 26.3 Å². The number of carbonyl (C=O) groups excluding carboxylic acids is 1. The molecule has 0 aromatic heterocycles. The van der Waals surface area contributed by atoms with Gasteiger partial charge in [0.2, 0.25) is 0 Å². The topological polar surface area (TPSA) is 59.1 Å². The third kappa shape index (κ3) is 4.04. The molecule has 0 radical (unpaired) electrons. The van der Waals surface area contributed by atoms with E-state index in [0.717, 1.165) is 5.56 Å². The molecular weight excluding hydrogens is 244 g/mol. The van der Waals surface area contributed by atoms with E-state index in [4.69, 9.17) is 9.47 Å². The molecule has 1 saturated heterocycles. The summed E-state index contributed by atoms with van der Waals surface area (Å²) in [5.41, 5.74) is 0.492. The lowest BCUT2D eigenvalue weighted by molar-refractivity contribution is -0.156. The first-order valence-electron chi connectivity index (χ1n) is 6.47. The van der Waals surface area contributed by atoms with Crippen molar-refractivity contribution < 1.29 is 19.4 Å². The summed E-state index contributed by atoms with van der Waals surface area (Å²) in [6, 6.07) is 9.64. The number of carbonyl (C=O) groups is 1. The highest BCUT2D eigenvalue weighted by Crippen LogP contribution is 2.29. The molecule has 1 aliphatic rings. The monoisotopic (exact) mass is 264 g/mol. The van der Waals surface area contributed by atoms with E-state index in [9.17, 15) is 9.90 Å². The van der Waals surface area contributed by atoms with Crippen LogP contribution in [0.3, 0.4) is 0 Å². The van der Waals surface area contributed by atoms with Crippen molar-refractivity contribution in [2.24, 2.45) is 0 Å². The SMILES string of the molecule is CC(C)(C)OC(=O)[C@H]1O[C@@H]1[C@@H](O)Cc1ccccc1. The molecule has 0 unspecified atom stereocenters. The number of hydrogen-bond donors (Lipinski definition) is 1. The van der Waals surface area contributed by atoms with E-state index in [1.165, 1.54) is 0 Å². The second-order valence-electron chi connectivity index (χ2n) is 5.81. The summed E-state index contributed by atoms with van der Waals surface area (Å²) in [5, 5.41) is 10.0. The quantitative estimate of drug-likeness (QED) is 0.664. The number of esters is 1. The highest BCUT2D eigenvalue weighted by molar-refractivity contribution is 5.78. The Kier molecular flexibility index (Phi) is 3.92. The Balaban J connectivity index is 1.84. The standard InChI is InChI=1S/C15H20O4/c1-15(2,3)19-14(17)13-12(18-13)11(16)9-10-7-5-4-6-8-10/h4-8,11-13,16H,9H2,1-3H3/t11-,12+,13-/m0/s1. The van der Waals surface area contributed by atoms with E-state index in [0.29, 0.717) is 6.42 Å². The van der Waals surface area contributed by atoms with E-state index in [1.54, 1.807) is 0 Å². The van der Waals surface area contributed by atoms with Crippen molar-refractivity contribution >= 4 is 5.97 Å². The fourth-order valence-corrected chi connectivity index (χ4v) is 1.94. The molecule has 0 spiro atoms. The van der Waals surface area contributed by atoms with Crippen molar-refractivity contribution in [3.63, 3.8) is 0 Å². The van der Waals surface area contributed by atoms with Crippen molar-refractivity contribution in [1.29, 1.82) is 0 Å². The van der Waals surface area contributed by atoms with Crippen LogP contribution in [0, 0.1) is 0 Å². The molecule has 1 aromatic rings. The Bertz CT molecular complexity index is 435. The molecule has 1 aromatic carbocycles. The van der Waals surface area contributed by atoms with Crippen molar-refractivity contribution in [1.82, 2.24) is 0 Å². The summed E-state index contributed by atoms with van der Waals surface area (Å²) < 4.78 is 10.5. The van der Waals surface area contributed by atoms with Gasteiger partial charge in [0.05, 0.1) is 6.10 Å². The highest BCUT2D eigenvalue weighted by atomic mass is 16.7. The highest BCUT2D eigenvalue weighted by Gasteiger charge is 2.51. The van der Waals surface area contributed by atoms with E-state index in [-0.39, 0.29) is 0 Å². The molecule has 1 fully saturated rings. The number of benzene rings is 1. The van der Waals surface area contributed by atoms with Gasteiger partial charge < -0.3 is 14.6 Å². The summed E-state index contributed by atoms with van der Waals surface area (Å²) >= 11 is 0. The summed E-state index contributed by atoms with van der Waals surface area (Å²) in [5.74, 6) is -0.399. The van der Waals surface area contributed by atoms with Crippen LogP contribution in [0.5, 0.6) is 0 Å². The van der Waals surface area contributed by atoms with Crippen LogP contribution in [0.2, 0.25) is 0 Å². The molecule has 0 saturated carbocycles. The van der Waals surface area contributed by atoms with Crippen LogP contribution in [0.25, 0.3) is 0 Å². The van der Waals surface area contributed by atoms with E-state index in [1.807, 2.05) is 51.1 Å². The molecule has 1 heterocycles. The van der Waals surface area contributed by atoms with E-state index in [2.05, 4.69) is 0 Å². The largest absolute Gasteiger partial charge is 0.458 e. The molecule has 0 amide bonds. The van der Waals surface area contributed by atoms with E-state index < -0.39 is 29.9 Å². The minimum atomic E-state index is -0.681. The zero-order valence-corrected chi connectivity index (χ0v) is 11.5. The third-order valence-electron chi connectivity index (χ3n) is 2.83. The fraction of sp³-hybridized carbons (Fsp3) is 0.533. The number of epoxide rings is 1. The second kappa shape index (κ2) is 5.31. The van der Waals surface area contributed by atoms with Crippen molar-refractivity contribution in [2.45, 2.75) is 51.1 Å². The maximum absolute atomic E-state index is 11.7. The van der Waals surface area contributed by atoms with Gasteiger partial charge >= 0.3 is 5.97 Å². The van der Waals surface area contributed by atoms with Crippen molar-refractivity contribution in [2.75, 3.05) is 0 Å². The lowest BCUT2D eigenvalue weighted by Crippen LogP contribution is -2.30. The average Bonchev–Trinajstić information content (AvgIpc) is 3.08. The number of rotatable bonds is 4. The smallest absolute Gasteiger partial charge is 0.338 e. The third-order valence-corrected chi connectivity index (χ3v) is 2.83. The number of hydrogen-bond acceptors (Lipinski definition) is 4. The lowest BCUT2D eigenvalue weighted by atomic mass is 10.0. The Hall–Kier alpha value is -1.39. The molecule has 3 atom stereocenters. The molecule has 1 aliphatic heterocycles. The molecule has 1 N–H and O–H groups in total. The average molecular weight is 264 g/mol. The van der Waals surface area contributed by atoms with Gasteiger partial charge in [-0.1, -0.05) is 30.3 Å². The number of aliphatic hydroxyl groups excluding tert-OH is 1. The molecule has 4 heteroatoms. The summed E-state index contributed by atoms with van der Waals surface area (Å²) in [6.45, 7) is 5.42. The van der Waals surface area contributed by atoms with Crippen molar-refractivity contribution in [3.8, 4) is 0 Å². The zero-order valence-electron chi connectivity index (χ0n) is 11.5. The number of ether oxygens (including phenoxy) is 2. The molecule has 0 bridgehead atoms. The normalized spacial score (nSPS) is 23.8. The Morgan fingerprint density at radius 3 is 2.58 bits per heavy atom. The van der Waals surface area contributed by atoms with Gasteiger partial charge in [0.15, 0.2) is 6.10 Å². The molecule has 2 rings (SSSR count). The fourth-order valence-electron chi connectivity index (χ4n) is 1.94. The molecule has 104 valence electrons. The van der Waals surface area contributed by atoms with Gasteiger partial charge in [-0.25, -0.2) is 4.79 Å². The lowest BCUT2D eigenvalue weighted by Gasteiger charge is -2.18. The van der Waals surface area contributed by atoms with Gasteiger partial charge in [0, 0.05) is 6.42 Å². The minimum Gasteiger partial charge on any atom is -0.458 e. The van der Waals surface area contributed by atoms with Gasteiger partial charge in [0.25, 0.3) is 0 Å². The van der Waals surface area contributed by atoms with Crippen LogP contribution in [-0.2, 0) is 20.7 Å². The Labute approximate surface area is 113 Å². The Morgan fingerprint density at radius 1 is 1.37 bits per heavy atom.